The fourth-order valence-electron chi connectivity index (χ4n) is 3.37. The van der Waals surface area contributed by atoms with Crippen LogP contribution in [-0.4, -0.2) is 28.1 Å². The number of fused-ring (bicyclic) bond motifs is 1. The molecule has 3 aromatic rings. The number of aryl methyl sites for hydroxylation is 1. The lowest BCUT2D eigenvalue weighted by Gasteiger charge is -2.19. The van der Waals surface area contributed by atoms with Crippen LogP contribution in [0.15, 0.2) is 48.3 Å². The third-order valence-corrected chi connectivity index (χ3v) is 5.57. The number of hydrogen-bond acceptors (Lipinski definition) is 3. The number of nitrogens with one attached hydrogen (secondary N) is 2. The summed E-state index contributed by atoms with van der Waals surface area (Å²) >= 11 is 12.0. The second-order valence-electron chi connectivity index (χ2n) is 6.63. The van der Waals surface area contributed by atoms with E-state index in [1.807, 2.05) is 13.0 Å². The van der Waals surface area contributed by atoms with Crippen molar-refractivity contribution in [2.75, 3.05) is 0 Å². The molecule has 1 saturated heterocycles. The van der Waals surface area contributed by atoms with Gasteiger partial charge in [-0.15, -0.1) is 0 Å². The number of H-pyrrole nitrogens is 1. The maximum atomic E-state index is 12.9. The van der Waals surface area contributed by atoms with E-state index >= 15 is 0 Å². The number of hydrogen-bond donors (Lipinski definition) is 2. The fourth-order valence-corrected chi connectivity index (χ4v) is 3.65. The molecule has 1 atom stereocenters. The van der Waals surface area contributed by atoms with Gasteiger partial charge in [0.05, 0.1) is 5.52 Å². The van der Waals surface area contributed by atoms with Gasteiger partial charge in [-0.05, 0) is 42.3 Å². The number of benzene rings is 2. The Morgan fingerprint density at radius 2 is 1.79 bits per heavy atom. The number of carbonyl (C=O) groups excluding carboxylic acids is 3. The number of amides is 3. The van der Waals surface area contributed by atoms with E-state index in [1.54, 1.807) is 42.6 Å². The monoisotopic (exact) mass is 427 g/mol. The van der Waals surface area contributed by atoms with E-state index in [1.165, 1.54) is 0 Å². The molecular formula is C21H15Cl2N3O3. The van der Waals surface area contributed by atoms with Gasteiger partial charge in [0.2, 0.25) is 0 Å². The SMILES string of the molecule is Cc1c(Cl)ccc2c(/C=C3\NC(=O)N(C(C=O)c4ccc(Cl)cc4)C3=O)c[nH]c12. The minimum atomic E-state index is -1.05. The predicted molar refractivity (Wildman–Crippen MR) is 112 cm³/mol. The van der Waals surface area contributed by atoms with E-state index in [0.717, 1.165) is 26.9 Å². The zero-order valence-corrected chi connectivity index (χ0v) is 16.7. The van der Waals surface area contributed by atoms with Crippen molar-refractivity contribution in [3.63, 3.8) is 0 Å². The summed E-state index contributed by atoms with van der Waals surface area (Å²) in [5.74, 6) is -0.581. The quantitative estimate of drug-likeness (QED) is 0.362. The van der Waals surface area contributed by atoms with Crippen molar-refractivity contribution in [2.45, 2.75) is 13.0 Å². The summed E-state index contributed by atoms with van der Waals surface area (Å²) in [6, 6.07) is 8.32. The average molecular weight is 428 g/mol. The molecule has 6 nitrogen and oxygen atoms in total. The molecule has 146 valence electrons. The van der Waals surface area contributed by atoms with Crippen molar-refractivity contribution in [1.29, 1.82) is 0 Å². The Labute approximate surface area is 176 Å². The molecule has 1 unspecified atom stereocenters. The van der Waals surface area contributed by atoms with E-state index in [4.69, 9.17) is 23.2 Å². The number of rotatable bonds is 4. The van der Waals surface area contributed by atoms with Crippen molar-refractivity contribution in [3.8, 4) is 0 Å². The molecule has 2 heterocycles. The Morgan fingerprint density at radius 3 is 2.48 bits per heavy atom. The molecule has 0 spiro atoms. The van der Waals surface area contributed by atoms with E-state index in [0.29, 0.717) is 21.9 Å². The lowest BCUT2D eigenvalue weighted by Crippen LogP contribution is -2.35. The average Bonchev–Trinajstić information content (AvgIpc) is 3.23. The highest BCUT2D eigenvalue weighted by molar-refractivity contribution is 6.32. The molecule has 1 aromatic heterocycles. The van der Waals surface area contributed by atoms with Crippen LogP contribution in [0.5, 0.6) is 0 Å². The van der Waals surface area contributed by atoms with Crippen LogP contribution in [0, 0.1) is 6.92 Å². The van der Waals surface area contributed by atoms with Crippen LogP contribution < -0.4 is 5.32 Å². The van der Waals surface area contributed by atoms with Crippen molar-refractivity contribution in [1.82, 2.24) is 15.2 Å². The zero-order valence-electron chi connectivity index (χ0n) is 15.2. The van der Waals surface area contributed by atoms with Gasteiger partial charge in [-0.1, -0.05) is 41.4 Å². The van der Waals surface area contributed by atoms with Gasteiger partial charge in [-0.3, -0.25) is 4.79 Å². The van der Waals surface area contributed by atoms with Crippen LogP contribution in [0.3, 0.4) is 0 Å². The van der Waals surface area contributed by atoms with Crippen LogP contribution in [0.4, 0.5) is 4.79 Å². The van der Waals surface area contributed by atoms with E-state index < -0.39 is 18.0 Å². The first-order valence-electron chi connectivity index (χ1n) is 8.74. The van der Waals surface area contributed by atoms with Gasteiger partial charge in [0.15, 0.2) is 0 Å². The van der Waals surface area contributed by atoms with Gasteiger partial charge in [0.25, 0.3) is 5.91 Å². The molecule has 4 rings (SSSR count). The first-order valence-corrected chi connectivity index (χ1v) is 9.49. The standard InChI is InChI=1S/C21H15Cl2N3O3/c1-11-16(23)7-6-15-13(9-24-19(11)15)8-17-20(28)26(21(29)25-17)18(10-27)12-2-4-14(22)5-3-12/h2-10,18,24H,1H3,(H,25,29)/b17-8-. The summed E-state index contributed by atoms with van der Waals surface area (Å²) in [4.78, 5) is 41.1. The minimum absolute atomic E-state index is 0.0873. The van der Waals surface area contributed by atoms with Crippen LogP contribution in [0.2, 0.25) is 10.0 Å². The topological polar surface area (TPSA) is 82.3 Å². The molecule has 3 amide bonds. The molecule has 0 aliphatic carbocycles. The minimum Gasteiger partial charge on any atom is -0.360 e. The molecule has 29 heavy (non-hydrogen) atoms. The Balaban J connectivity index is 1.70. The van der Waals surface area contributed by atoms with Gasteiger partial charge in [-0.2, -0.15) is 0 Å². The Morgan fingerprint density at radius 1 is 1.07 bits per heavy atom. The maximum absolute atomic E-state index is 12.9. The number of imide groups is 1. The summed E-state index contributed by atoms with van der Waals surface area (Å²) in [6.07, 6.45) is 3.87. The summed E-state index contributed by atoms with van der Waals surface area (Å²) in [5, 5.41) is 4.54. The van der Waals surface area contributed by atoms with Gasteiger partial charge in [-0.25, -0.2) is 9.69 Å². The second-order valence-corrected chi connectivity index (χ2v) is 7.48. The number of aromatic nitrogens is 1. The smallest absolute Gasteiger partial charge is 0.329 e. The number of aldehydes is 1. The van der Waals surface area contributed by atoms with Crippen molar-refractivity contribution in [2.24, 2.45) is 0 Å². The van der Waals surface area contributed by atoms with E-state index in [-0.39, 0.29) is 5.70 Å². The van der Waals surface area contributed by atoms with Crippen LogP contribution in [0.25, 0.3) is 17.0 Å². The predicted octanol–water partition coefficient (Wildman–Crippen LogP) is 4.62. The van der Waals surface area contributed by atoms with Gasteiger partial charge in [0, 0.05) is 27.2 Å². The van der Waals surface area contributed by atoms with Crippen LogP contribution in [-0.2, 0) is 9.59 Å². The van der Waals surface area contributed by atoms with Crippen molar-refractivity contribution < 1.29 is 14.4 Å². The lowest BCUT2D eigenvalue weighted by molar-refractivity contribution is -0.128. The lowest BCUT2D eigenvalue weighted by atomic mass is 10.1. The Kier molecular flexibility index (Phi) is 4.90. The highest BCUT2D eigenvalue weighted by Crippen LogP contribution is 2.30. The first-order chi connectivity index (χ1) is 13.9. The summed E-state index contributed by atoms with van der Waals surface area (Å²) < 4.78 is 0. The van der Waals surface area contributed by atoms with Gasteiger partial charge < -0.3 is 15.1 Å². The third-order valence-electron chi connectivity index (χ3n) is 4.91. The van der Waals surface area contributed by atoms with Crippen LogP contribution >= 0.6 is 23.2 Å². The zero-order chi connectivity index (χ0) is 20.7. The van der Waals surface area contributed by atoms with Gasteiger partial charge >= 0.3 is 6.03 Å². The highest BCUT2D eigenvalue weighted by Gasteiger charge is 2.39. The van der Waals surface area contributed by atoms with Crippen LogP contribution in [0.1, 0.15) is 22.7 Å². The molecule has 2 aromatic carbocycles. The Bertz CT molecular complexity index is 1180. The van der Waals surface area contributed by atoms with E-state index in [9.17, 15) is 14.4 Å². The maximum Gasteiger partial charge on any atom is 0.329 e. The fraction of sp³-hybridized carbons (Fsp3) is 0.0952. The first kappa shape index (κ1) is 19.2. The largest absolute Gasteiger partial charge is 0.360 e. The summed E-state index contributed by atoms with van der Waals surface area (Å²) in [6.45, 7) is 1.89. The molecule has 2 N–H and O–H groups in total. The molecule has 8 heteroatoms. The van der Waals surface area contributed by atoms with Crippen molar-refractivity contribution >= 4 is 58.4 Å². The summed E-state index contributed by atoms with van der Waals surface area (Å²) in [7, 11) is 0. The number of halogens is 2. The molecule has 0 radical (unpaired) electrons. The number of aromatic amines is 1. The normalized spacial score (nSPS) is 16.5. The second kappa shape index (κ2) is 7.39. The van der Waals surface area contributed by atoms with Gasteiger partial charge in [0.1, 0.15) is 18.0 Å². The molecule has 1 aliphatic heterocycles. The number of nitrogens with zero attached hydrogens (tertiary/aromatic N) is 1. The number of carbonyl (C=O) groups is 3. The molecule has 1 fully saturated rings. The number of urea groups is 1. The Hall–Kier alpha value is -3.09. The summed E-state index contributed by atoms with van der Waals surface area (Å²) in [5.41, 5.74) is 3.04. The molecule has 0 bridgehead atoms. The third kappa shape index (κ3) is 3.30. The van der Waals surface area contributed by atoms with Crippen molar-refractivity contribution in [3.05, 3.63) is 75.0 Å². The molecule has 1 aliphatic rings. The van der Waals surface area contributed by atoms with E-state index in [2.05, 4.69) is 10.3 Å². The molecule has 0 saturated carbocycles. The molecular weight excluding hydrogens is 413 g/mol. The highest BCUT2D eigenvalue weighted by atomic mass is 35.5.